The molecule has 0 aliphatic heterocycles. The molecule has 0 atom stereocenters. The van der Waals surface area contributed by atoms with Crippen molar-refractivity contribution in [2.24, 2.45) is 0 Å². The lowest BCUT2D eigenvalue weighted by atomic mass is 10.0. The molecule has 0 spiro atoms. The Kier molecular flexibility index (Phi) is 5.82. The van der Waals surface area contributed by atoms with Gasteiger partial charge in [0.15, 0.2) is 0 Å². The highest BCUT2D eigenvalue weighted by atomic mass is 35.5. The Morgan fingerprint density at radius 2 is 1.90 bits per heavy atom. The predicted molar refractivity (Wildman–Crippen MR) is 122 cm³/mol. The van der Waals surface area contributed by atoms with Crippen LogP contribution in [0.25, 0.3) is 22.7 Å². The normalized spacial score (nSPS) is 11.5. The summed E-state index contributed by atoms with van der Waals surface area (Å²) < 4.78 is 0. The molecule has 2 aromatic heterocycles. The topological polar surface area (TPSA) is 95.1 Å². The van der Waals surface area contributed by atoms with Crippen LogP contribution in [0.3, 0.4) is 0 Å². The highest BCUT2D eigenvalue weighted by Gasteiger charge is 2.15. The number of benzene rings is 2. The minimum absolute atomic E-state index is 0.140. The van der Waals surface area contributed by atoms with Crippen LogP contribution in [-0.2, 0) is 16.0 Å². The van der Waals surface area contributed by atoms with Crippen LogP contribution in [0.5, 0.6) is 0 Å². The van der Waals surface area contributed by atoms with Gasteiger partial charge in [0, 0.05) is 28.4 Å². The summed E-state index contributed by atoms with van der Waals surface area (Å²) in [5.41, 5.74) is 3.22. The van der Waals surface area contributed by atoms with Crippen molar-refractivity contribution in [2.75, 3.05) is 5.32 Å². The van der Waals surface area contributed by atoms with E-state index in [4.69, 9.17) is 11.6 Å². The van der Waals surface area contributed by atoms with Crippen molar-refractivity contribution >= 4 is 51.8 Å². The van der Waals surface area contributed by atoms with Crippen molar-refractivity contribution in [1.82, 2.24) is 9.97 Å². The summed E-state index contributed by atoms with van der Waals surface area (Å²) in [6.45, 7) is 0. The molecule has 0 fully saturated rings. The first kappa shape index (κ1) is 20.4. The first-order valence-corrected chi connectivity index (χ1v) is 9.90. The summed E-state index contributed by atoms with van der Waals surface area (Å²) >= 11 is 6.00. The average Bonchev–Trinajstić information content (AvgIpc) is 3.16. The van der Waals surface area contributed by atoms with Gasteiger partial charge in [0.05, 0.1) is 17.7 Å². The van der Waals surface area contributed by atoms with E-state index >= 15 is 0 Å². The maximum absolute atomic E-state index is 12.6. The molecule has 0 aliphatic carbocycles. The van der Waals surface area contributed by atoms with Gasteiger partial charge in [-0.05, 0) is 35.4 Å². The number of halogens is 1. The molecule has 3 N–H and O–H groups in total. The zero-order valence-electron chi connectivity index (χ0n) is 16.3. The fourth-order valence-electron chi connectivity index (χ4n) is 3.37. The molecule has 0 bridgehead atoms. The number of carboxylic acid groups (broad SMARTS) is 1. The van der Waals surface area contributed by atoms with E-state index < -0.39 is 5.97 Å². The zero-order valence-corrected chi connectivity index (χ0v) is 17.1. The van der Waals surface area contributed by atoms with E-state index in [0.717, 1.165) is 5.56 Å². The lowest BCUT2D eigenvalue weighted by Crippen LogP contribution is -2.14. The van der Waals surface area contributed by atoms with Crippen LogP contribution in [0, 0.1) is 0 Å². The molecule has 4 aromatic rings. The van der Waals surface area contributed by atoms with Crippen LogP contribution in [0.2, 0.25) is 5.02 Å². The van der Waals surface area contributed by atoms with Crippen LogP contribution in [0.1, 0.15) is 16.7 Å². The highest BCUT2D eigenvalue weighted by Crippen LogP contribution is 2.29. The quantitative estimate of drug-likeness (QED) is 0.373. The molecule has 0 aliphatic rings. The number of hydrogen-bond acceptors (Lipinski definition) is 3. The first-order chi connectivity index (χ1) is 15.0. The molecule has 1 amide bonds. The number of nitrogens with one attached hydrogen (secondary N) is 2. The van der Waals surface area contributed by atoms with Crippen LogP contribution >= 0.6 is 11.6 Å². The Bertz CT molecular complexity index is 1300. The fraction of sp³-hybridized carbons (Fsp3) is 0.0417. The van der Waals surface area contributed by atoms with Gasteiger partial charge in [-0.25, -0.2) is 9.78 Å². The molecule has 4 rings (SSSR count). The Morgan fingerprint density at radius 3 is 2.65 bits per heavy atom. The van der Waals surface area contributed by atoms with E-state index in [2.05, 4.69) is 15.3 Å². The summed E-state index contributed by atoms with van der Waals surface area (Å²) in [4.78, 5) is 31.8. The van der Waals surface area contributed by atoms with Crippen molar-refractivity contribution in [3.63, 3.8) is 0 Å². The SMILES string of the molecule is O=C(Cc1cccc(Cl)c1)Nc1ccnc2[nH]cc(C=C(C(=O)O)c3ccccc3)c12. The van der Waals surface area contributed by atoms with Gasteiger partial charge in [-0.3, -0.25) is 4.79 Å². The summed E-state index contributed by atoms with van der Waals surface area (Å²) in [5, 5.41) is 13.8. The number of anilines is 1. The Morgan fingerprint density at radius 1 is 1.10 bits per heavy atom. The molecule has 6 nitrogen and oxygen atoms in total. The number of aromatic nitrogens is 2. The second-order valence-electron chi connectivity index (χ2n) is 6.91. The van der Waals surface area contributed by atoms with E-state index in [1.54, 1.807) is 67.0 Å². The molecular formula is C24H18ClN3O3. The van der Waals surface area contributed by atoms with Gasteiger partial charge in [-0.15, -0.1) is 0 Å². The summed E-state index contributed by atoms with van der Waals surface area (Å²) in [6, 6.07) is 17.7. The zero-order chi connectivity index (χ0) is 21.8. The van der Waals surface area contributed by atoms with Crippen molar-refractivity contribution in [3.05, 3.63) is 94.8 Å². The molecule has 2 aromatic carbocycles. The third-order valence-electron chi connectivity index (χ3n) is 4.75. The van der Waals surface area contributed by atoms with Crippen LogP contribution in [0.15, 0.2) is 73.1 Å². The molecule has 7 heteroatoms. The number of nitrogens with zero attached hydrogens (tertiary/aromatic N) is 1. The number of carboxylic acids is 1. The Balaban J connectivity index is 1.69. The van der Waals surface area contributed by atoms with Gasteiger partial charge >= 0.3 is 5.97 Å². The number of fused-ring (bicyclic) bond motifs is 1. The highest BCUT2D eigenvalue weighted by molar-refractivity contribution is 6.30. The lowest BCUT2D eigenvalue weighted by Gasteiger charge is -2.08. The van der Waals surface area contributed by atoms with Crippen LogP contribution in [0.4, 0.5) is 5.69 Å². The maximum atomic E-state index is 12.6. The number of aliphatic carboxylic acids is 1. The number of carbonyl (C=O) groups is 2. The maximum Gasteiger partial charge on any atom is 0.336 e. The number of carbonyl (C=O) groups excluding carboxylic acids is 1. The molecule has 2 heterocycles. The standard InChI is InChI=1S/C24H18ClN3O3/c25-18-8-4-5-15(11-18)12-21(29)28-20-9-10-26-23-22(20)17(14-27-23)13-19(24(30)31)16-6-2-1-3-7-16/h1-11,13-14H,12H2,(H,30,31)(H2,26,27,28,29). The second kappa shape index (κ2) is 8.85. The molecule has 31 heavy (non-hydrogen) atoms. The monoisotopic (exact) mass is 431 g/mol. The number of aromatic amines is 1. The van der Waals surface area contributed by atoms with Gasteiger partial charge in [0.25, 0.3) is 0 Å². The fourth-order valence-corrected chi connectivity index (χ4v) is 3.58. The summed E-state index contributed by atoms with van der Waals surface area (Å²) in [7, 11) is 0. The minimum Gasteiger partial charge on any atom is -0.478 e. The minimum atomic E-state index is -1.05. The van der Waals surface area contributed by atoms with Gasteiger partial charge in [-0.1, -0.05) is 54.1 Å². The molecule has 0 radical (unpaired) electrons. The molecule has 154 valence electrons. The number of rotatable bonds is 6. The largest absolute Gasteiger partial charge is 0.478 e. The number of H-pyrrole nitrogens is 1. The van der Waals surface area contributed by atoms with E-state index in [9.17, 15) is 14.7 Å². The number of amides is 1. The van der Waals surface area contributed by atoms with E-state index in [0.29, 0.717) is 32.9 Å². The van der Waals surface area contributed by atoms with Gasteiger partial charge < -0.3 is 15.4 Å². The van der Waals surface area contributed by atoms with Crippen LogP contribution < -0.4 is 5.32 Å². The number of pyridine rings is 1. The van der Waals surface area contributed by atoms with E-state index in [1.165, 1.54) is 0 Å². The van der Waals surface area contributed by atoms with E-state index in [1.807, 2.05) is 12.1 Å². The molecule has 0 saturated heterocycles. The second-order valence-corrected chi connectivity index (χ2v) is 7.35. The smallest absolute Gasteiger partial charge is 0.336 e. The number of hydrogen-bond donors (Lipinski definition) is 3. The third-order valence-corrected chi connectivity index (χ3v) is 4.98. The summed E-state index contributed by atoms with van der Waals surface area (Å²) in [5.74, 6) is -1.26. The Hall–Kier alpha value is -3.90. The van der Waals surface area contributed by atoms with Crippen molar-refractivity contribution in [2.45, 2.75) is 6.42 Å². The van der Waals surface area contributed by atoms with E-state index in [-0.39, 0.29) is 17.9 Å². The first-order valence-electron chi connectivity index (χ1n) is 9.52. The van der Waals surface area contributed by atoms with Crippen molar-refractivity contribution in [1.29, 1.82) is 0 Å². The van der Waals surface area contributed by atoms with Crippen molar-refractivity contribution in [3.8, 4) is 0 Å². The average molecular weight is 432 g/mol. The lowest BCUT2D eigenvalue weighted by molar-refractivity contribution is -0.130. The molecular weight excluding hydrogens is 414 g/mol. The van der Waals surface area contributed by atoms with Crippen LogP contribution in [-0.4, -0.2) is 27.0 Å². The summed E-state index contributed by atoms with van der Waals surface area (Å²) in [6.07, 6.45) is 4.99. The molecule has 0 unspecified atom stereocenters. The third kappa shape index (κ3) is 4.65. The van der Waals surface area contributed by atoms with Gasteiger partial charge in [-0.2, -0.15) is 0 Å². The van der Waals surface area contributed by atoms with Crippen molar-refractivity contribution < 1.29 is 14.7 Å². The predicted octanol–water partition coefficient (Wildman–Crippen LogP) is 5.02. The van der Waals surface area contributed by atoms with Gasteiger partial charge in [0.2, 0.25) is 5.91 Å². The Labute approximate surface area is 183 Å². The molecule has 0 saturated carbocycles. The van der Waals surface area contributed by atoms with Gasteiger partial charge in [0.1, 0.15) is 5.65 Å².